The van der Waals surface area contributed by atoms with Crippen LogP contribution in [0, 0.1) is 0 Å². The highest BCUT2D eigenvalue weighted by molar-refractivity contribution is 6.52. The molecule has 1 aliphatic heterocycles. The Kier molecular flexibility index (Phi) is 6.70. The van der Waals surface area contributed by atoms with E-state index in [2.05, 4.69) is 0 Å². The lowest BCUT2D eigenvalue weighted by Crippen LogP contribution is -2.29. The van der Waals surface area contributed by atoms with E-state index in [4.69, 9.17) is 25.8 Å². The van der Waals surface area contributed by atoms with Crippen LogP contribution in [0.15, 0.2) is 84.4 Å². The van der Waals surface area contributed by atoms with E-state index >= 15 is 0 Å². The number of halogens is 1. The normalized spacial score (nSPS) is 16.6. The van der Waals surface area contributed by atoms with Crippen molar-refractivity contribution in [2.75, 3.05) is 26.2 Å². The summed E-state index contributed by atoms with van der Waals surface area (Å²) < 4.78 is 16.2. The molecule has 1 aliphatic rings. The number of fused-ring (bicyclic) bond motifs is 1. The Morgan fingerprint density at radius 1 is 0.842 bits per heavy atom. The molecular formula is C30H24ClNO6. The van der Waals surface area contributed by atoms with E-state index in [0.29, 0.717) is 17.0 Å². The Morgan fingerprint density at radius 3 is 2.29 bits per heavy atom. The lowest BCUT2D eigenvalue weighted by Gasteiger charge is -2.27. The van der Waals surface area contributed by atoms with Gasteiger partial charge in [-0.15, -0.1) is 0 Å². The molecule has 0 radical (unpaired) electrons. The minimum absolute atomic E-state index is 0.0863. The number of ketones is 1. The largest absolute Gasteiger partial charge is 0.507 e. The molecule has 1 unspecified atom stereocenters. The van der Waals surface area contributed by atoms with Crippen molar-refractivity contribution in [1.29, 1.82) is 0 Å². The van der Waals surface area contributed by atoms with Crippen LogP contribution in [0.3, 0.4) is 0 Å². The second kappa shape index (κ2) is 10.1. The van der Waals surface area contributed by atoms with Crippen molar-refractivity contribution in [3.05, 3.63) is 101 Å². The van der Waals surface area contributed by atoms with Crippen molar-refractivity contribution in [3.63, 3.8) is 0 Å². The van der Waals surface area contributed by atoms with Crippen molar-refractivity contribution >= 4 is 45.5 Å². The smallest absolute Gasteiger partial charge is 0.300 e. The first kappa shape index (κ1) is 25.2. The van der Waals surface area contributed by atoms with E-state index in [1.54, 1.807) is 24.3 Å². The SMILES string of the molecule is COc1cccc(N2C(=O)C(=O)/C(=C(/O)c3cc(OC)c(Cl)cc3OC)C2c2cccc3ccccc23)c1. The third kappa shape index (κ3) is 4.11. The van der Waals surface area contributed by atoms with Crippen LogP contribution in [0.2, 0.25) is 5.02 Å². The van der Waals surface area contributed by atoms with Gasteiger partial charge in [0, 0.05) is 17.8 Å². The van der Waals surface area contributed by atoms with Gasteiger partial charge in [-0.25, -0.2) is 0 Å². The van der Waals surface area contributed by atoms with Crippen LogP contribution in [0.5, 0.6) is 17.2 Å². The van der Waals surface area contributed by atoms with Crippen LogP contribution in [0.25, 0.3) is 16.5 Å². The number of amides is 1. The molecule has 1 N–H and O–H groups in total. The van der Waals surface area contributed by atoms with Gasteiger partial charge in [0.2, 0.25) is 0 Å². The number of aliphatic hydroxyl groups excluding tert-OH is 1. The fourth-order valence-electron chi connectivity index (χ4n) is 4.83. The molecule has 0 aliphatic carbocycles. The quantitative estimate of drug-likeness (QED) is 0.183. The number of nitrogens with zero attached hydrogens (tertiary/aromatic N) is 1. The molecule has 4 aromatic rings. The maximum atomic E-state index is 13.7. The summed E-state index contributed by atoms with van der Waals surface area (Å²) in [7, 11) is 4.39. The minimum Gasteiger partial charge on any atom is -0.507 e. The van der Waals surface area contributed by atoms with Crippen molar-refractivity contribution in [3.8, 4) is 17.2 Å². The summed E-state index contributed by atoms with van der Waals surface area (Å²) in [5.74, 6) is -1.00. The van der Waals surface area contributed by atoms with Gasteiger partial charge in [0.05, 0.1) is 43.5 Å². The summed E-state index contributed by atoms with van der Waals surface area (Å²) in [4.78, 5) is 28.7. The number of carbonyl (C=O) groups is 2. The Balaban J connectivity index is 1.83. The second-order valence-corrected chi connectivity index (χ2v) is 9.03. The monoisotopic (exact) mass is 529 g/mol. The highest BCUT2D eigenvalue weighted by Crippen LogP contribution is 2.46. The van der Waals surface area contributed by atoms with Gasteiger partial charge in [-0.2, -0.15) is 0 Å². The fourth-order valence-corrected chi connectivity index (χ4v) is 5.06. The molecule has 0 spiro atoms. The molecule has 1 amide bonds. The molecule has 0 bridgehead atoms. The van der Waals surface area contributed by atoms with E-state index in [0.717, 1.165) is 10.8 Å². The van der Waals surface area contributed by atoms with Gasteiger partial charge in [0.15, 0.2) is 0 Å². The Labute approximate surface area is 224 Å². The van der Waals surface area contributed by atoms with Gasteiger partial charge in [-0.05, 0) is 34.5 Å². The number of anilines is 1. The maximum Gasteiger partial charge on any atom is 0.300 e. The number of hydrogen-bond acceptors (Lipinski definition) is 6. The van der Waals surface area contributed by atoms with Crippen LogP contribution in [0.1, 0.15) is 17.2 Å². The summed E-state index contributed by atoms with van der Waals surface area (Å²) in [6.45, 7) is 0. The van der Waals surface area contributed by atoms with E-state index in [1.807, 2.05) is 42.5 Å². The molecule has 1 heterocycles. The molecule has 1 saturated heterocycles. The summed E-state index contributed by atoms with van der Waals surface area (Å²) in [6, 6.07) is 22.2. The number of Topliss-reactive ketones (excluding diaryl/α,β-unsaturated/α-hetero) is 1. The maximum absolute atomic E-state index is 13.7. The number of ether oxygens (including phenoxy) is 3. The summed E-state index contributed by atoms with van der Waals surface area (Å²) >= 11 is 6.27. The third-order valence-electron chi connectivity index (χ3n) is 6.62. The van der Waals surface area contributed by atoms with E-state index in [-0.39, 0.29) is 27.7 Å². The lowest BCUT2D eigenvalue weighted by atomic mass is 9.91. The number of benzene rings is 4. The molecule has 38 heavy (non-hydrogen) atoms. The van der Waals surface area contributed by atoms with E-state index < -0.39 is 23.5 Å². The van der Waals surface area contributed by atoms with Crippen LogP contribution >= 0.6 is 11.6 Å². The molecule has 1 fully saturated rings. The highest BCUT2D eigenvalue weighted by Gasteiger charge is 2.47. The third-order valence-corrected chi connectivity index (χ3v) is 6.92. The van der Waals surface area contributed by atoms with Gasteiger partial charge in [-0.3, -0.25) is 14.5 Å². The number of aliphatic hydroxyl groups is 1. The molecule has 8 heteroatoms. The van der Waals surface area contributed by atoms with Gasteiger partial charge >= 0.3 is 0 Å². The summed E-state index contributed by atoms with van der Waals surface area (Å²) in [5, 5.41) is 13.7. The minimum atomic E-state index is -0.945. The van der Waals surface area contributed by atoms with Gasteiger partial charge in [-0.1, -0.05) is 60.1 Å². The zero-order chi connectivity index (χ0) is 27.0. The molecule has 0 saturated carbocycles. The first-order valence-electron chi connectivity index (χ1n) is 11.7. The topological polar surface area (TPSA) is 85.3 Å². The number of rotatable bonds is 6. The first-order chi connectivity index (χ1) is 18.4. The standard InChI is InChI=1S/C30H24ClNO6/c1-36-19-11-7-10-18(14-19)32-27(21-13-6-9-17-8-4-5-12-20(17)21)26(29(34)30(32)35)28(33)22-15-25(38-3)23(31)16-24(22)37-2/h4-16,27,33H,1-3H3/b28-26+. The average Bonchev–Trinajstić information content (AvgIpc) is 3.21. The van der Waals surface area contributed by atoms with E-state index in [1.165, 1.54) is 38.4 Å². The van der Waals surface area contributed by atoms with Crippen LogP contribution in [-0.2, 0) is 9.59 Å². The predicted octanol–water partition coefficient (Wildman–Crippen LogP) is 6.15. The molecule has 5 rings (SSSR count). The second-order valence-electron chi connectivity index (χ2n) is 8.63. The van der Waals surface area contributed by atoms with Gasteiger partial charge < -0.3 is 19.3 Å². The van der Waals surface area contributed by atoms with Crippen molar-refractivity contribution in [2.45, 2.75) is 6.04 Å². The number of hydrogen-bond donors (Lipinski definition) is 1. The van der Waals surface area contributed by atoms with Gasteiger partial charge in [0.1, 0.15) is 23.0 Å². The van der Waals surface area contributed by atoms with Crippen molar-refractivity contribution < 1.29 is 28.9 Å². The zero-order valence-electron chi connectivity index (χ0n) is 20.9. The Hall–Kier alpha value is -4.49. The molecule has 4 aromatic carbocycles. The molecule has 192 valence electrons. The highest BCUT2D eigenvalue weighted by atomic mass is 35.5. The molecular weight excluding hydrogens is 506 g/mol. The molecule has 7 nitrogen and oxygen atoms in total. The summed E-state index contributed by atoms with van der Waals surface area (Å²) in [6.07, 6.45) is 0. The van der Waals surface area contributed by atoms with Crippen LogP contribution in [0.4, 0.5) is 5.69 Å². The Morgan fingerprint density at radius 2 is 1.55 bits per heavy atom. The van der Waals surface area contributed by atoms with E-state index in [9.17, 15) is 14.7 Å². The predicted molar refractivity (Wildman–Crippen MR) is 146 cm³/mol. The number of methoxy groups -OCH3 is 3. The van der Waals surface area contributed by atoms with Crippen molar-refractivity contribution in [2.24, 2.45) is 0 Å². The van der Waals surface area contributed by atoms with Gasteiger partial charge in [0.25, 0.3) is 11.7 Å². The fraction of sp³-hybridized carbons (Fsp3) is 0.133. The van der Waals surface area contributed by atoms with Crippen LogP contribution in [-0.4, -0.2) is 38.1 Å². The average molecular weight is 530 g/mol. The number of carbonyl (C=O) groups excluding carboxylic acids is 2. The lowest BCUT2D eigenvalue weighted by molar-refractivity contribution is -0.132. The summed E-state index contributed by atoms with van der Waals surface area (Å²) in [5.41, 5.74) is 1.20. The molecule has 1 atom stereocenters. The molecule has 0 aromatic heterocycles. The first-order valence-corrected chi connectivity index (χ1v) is 12.1. The van der Waals surface area contributed by atoms with Crippen molar-refractivity contribution in [1.82, 2.24) is 0 Å². The van der Waals surface area contributed by atoms with Crippen LogP contribution < -0.4 is 19.1 Å². The zero-order valence-corrected chi connectivity index (χ0v) is 21.7. The Bertz CT molecular complexity index is 1610.